The van der Waals surface area contributed by atoms with Crippen LogP contribution in [-0.4, -0.2) is 4.98 Å². The lowest BCUT2D eigenvalue weighted by Gasteiger charge is -2.18. The predicted octanol–water partition coefficient (Wildman–Crippen LogP) is 24.3. The van der Waals surface area contributed by atoms with Crippen LogP contribution in [0.5, 0.6) is 0 Å². The zero-order valence-corrected chi connectivity index (χ0v) is 57.0. The van der Waals surface area contributed by atoms with Gasteiger partial charge < -0.3 is 9.62 Å². The molecule has 5 heteroatoms. The maximum Gasteiger partial charge on any atom is 0.180 e. The van der Waals surface area contributed by atoms with Gasteiger partial charge in [-0.1, -0.05) is 297 Å². The minimum absolute atomic E-state index is 0.293. The van der Waals surface area contributed by atoms with Gasteiger partial charge in [0, 0.05) is 24.5 Å². The highest BCUT2D eigenvalue weighted by molar-refractivity contribution is 7.07. The molecule has 0 aliphatic rings. The highest BCUT2D eigenvalue weighted by Gasteiger charge is 2.11. The van der Waals surface area contributed by atoms with Gasteiger partial charge in [-0.05, 0) is 96.8 Å². The maximum absolute atomic E-state index is 10.2. The van der Waals surface area contributed by atoms with Gasteiger partial charge in [0.2, 0.25) is 0 Å². The molecule has 0 aliphatic carbocycles. The van der Waals surface area contributed by atoms with Gasteiger partial charge in [-0.2, -0.15) is 16.1 Å². The summed E-state index contributed by atoms with van der Waals surface area (Å²) >= 11 is 1.71. The first-order valence-electron chi connectivity index (χ1n) is 27.4. The van der Waals surface area contributed by atoms with Crippen molar-refractivity contribution in [3.05, 3.63) is 150 Å². The summed E-state index contributed by atoms with van der Waals surface area (Å²) in [5.74, 6) is 3.33. The summed E-state index contributed by atoms with van der Waals surface area (Å²) in [5, 5.41) is 14.3. The smallest absolute Gasteiger partial charge is 0.180 e. The number of rotatable bonds is 0. The van der Waals surface area contributed by atoms with Crippen molar-refractivity contribution in [2.24, 2.45) is 50.7 Å². The first kappa shape index (κ1) is 89.8. The summed E-state index contributed by atoms with van der Waals surface area (Å²) in [6.07, 6.45) is 9.64. The van der Waals surface area contributed by atoms with Crippen LogP contribution in [0.2, 0.25) is 0 Å². The van der Waals surface area contributed by atoms with Gasteiger partial charge in [0.25, 0.3) is 0 Å². The Morgan fingerprint density at radius 2 is 0.595 bits per heavy atom. The Bertz CT molecular complexity index is 1400. The molecule has 436 valence electrons. The Morgan fingerprint density at radius 1 is 0.365 bits per heavy atom. The van der Waals surface area contributed by atoms with E-state index in [2.05, 4.69) is 282 Å². The number of furan rings is 1. The Kier molecular flexibility index (Phi) is 67.4. The van der Waals surface area contributed by atoms with Crippen LogP contribution in [0.4, 0.5) is 0 Å². The summed E-state index contributed by atoms with van der Waals surface area (Å²) in [6, 6.07) is 29.1. The van der Waals surface area contributed by atoms with Crippen LogP contribution >= 0.6 is 11.3 Å². The third-order valence-corrected chi connectivity index (χ3v) is 4.37. The normalized spacial score (nSPS) is 10.1. The fourth-order valence-corrected chi connectivity index (χ4v) is 2.54. The molecule has 4 heterocycles. The molecule has 0 N–H and O–H groups in total. The molecule has 0 aliphatic heterocycles. The van der Waals surface area contributed by atoms with E-state index in [9.17, 15) is 5.21 Å². The van der Waals surface area contributed by atoms with Crippen LogP contribution in [0.25, 0.3) is 0 Å². The number of aromatic nitrogens is 2. The molecule has 1 aromatic carbocycles. The number of hydrogen-bond donors (Lipinski definition) is 0. The summed E-state index contributed by atoms with van der Waals surface area (Å²) in [7, 11) is 0. The van der Waals surface area contributed by atoms with Crippen LogP contribution in [0, 0.1) is 56.0 Å². The zero-order valence-electron chi connectivity index (χ0n) is 56.2. The van der Waals surface area contributed by atoms with E-state index in [0.29, 0.717) is 32.5 Å². The molecule has 74 heavy (non-hydrogen) atoms. The zero-order chi connectivity index (χ0) is 60.8. The third kappa shape index (κ3) is 263. The highest BCUT2D eigenvalue weighted by Crippen LogP contribution is 2.20. The summed E-state index contributed by atoms with van der Waals surface area (Å²) in [5.41, 5.74) is 4.19. The highest BCUT2D eigenvalue weighted by atomic mass is 32.1. The number of hydrogen-bond acceptors (Lipinski definition) is 4. The van der Waals surface area contributed by atoms with E-state index >= 15 is 0 Å². The lowest BCUT2D eigenvalue weighted by Crippen LogP contribution is -2.22. The van der Waals surface area contributed by atoms with Crippen molar-refractivity contribution in [2.75, 3.05) is 0 Å². The van der Waals surface area contributed by atoms with Gasteiger partial charge in [-0.15, -0.1) is 0 Å². The van der Waals surface area contributed by atoms with E-state index in [1.54, 1.807) is 54.5 Å². The largest absolute Gasteiger partial charge is 0.619 e. The van der Waals surface area contributed by atoms with Gasteiger partial charge >= 0.3 is 0 Å². The quantitative estimate of drug-likeness (QED) is 0.115. The van der Waals surface area contributed by atoms with Crippen LogP contribution in [0.3, 0.4) is 0 Å². The minimum atomic E-state index is 0.293. The molecule has 4 nitrogen and oxygen atoms in total. The summed E-state index contributed by atoms with van der Waals surface area (Å²) in [6.45, 7) is 76.4. The van der Waals surface area contributed by atoms with E-state index in [1.165, 1.54) is 18.0 Å². The molecule has 0 fully saturated rings. The average Bonchev–Trinajstić information content (AvgIpc) is 3.94. The molecule has 5 rings (SSSR count). The first-order chi connectivity index (χ1) is 32.9. The van der Waals surface area contributed by atoms with Crippen LogP contribution < -0.4 is 4.73 Å². The van der Waals surface area contributed by atoms with E-state index in [4.69, 9.17) is 0 Å². The van der Waals surface area contributed by atoms with Crippen LogP contribution in [0.1, 0.15) is 248 Å². The fraction of sp³-hybridized carbons (Fsp3) is 0.652. The SMILES string of the molecule is CC(C)(C)C.CC(C)(C)C.CC(C)(C)C.CC(C)(C)C.CC(C)(C)C.CC(C)(C)c1ccccc1.CC(C)C.CC(C)C.CC(C)C.CC(C)C.[O-][n+]1ccccc1.c1ccncc1.c1ccoc1.c1ccsc1. The van der Waals surface area contributed by atoms with Gasteiger partial charge in [0.05, 0.1) is 12.5 Å². The molecule has 0 unspecified atom stereocenters. The molecule has 0 atom stereocenters. The second kappa shape index (κ2) is 55.5. The number of benzene rings is 1. The average molecular weight is 1050 g/mol. The molecule has 0 radical (unpaired) electrons. The molecule has 4 aromatic heterocycles. The first-order valence-corrected chi connectivity index (χ1v) is 28.4. The Balaban J connectivity index is -0.0000000887. The van der Waals surface area contributed by atoms with Crippen molar-refractivity contribution in [3.63, 3.8) is 0 Å². The van der Waals surface area contributed by atoms with Gasteiger partial charge in [0.1, 0.15) is 0 Å². The predicted molar refractivity (Wildman–Crippen MR) is 346 cm³/mol. The van der Waals surface area contributed by atoms with E-state index < -0.39 is 0 Å². The molecule has 0 amide bonds. The standard InChI is InChI=1S/C10H14.C5H5NO.C5H5N.5C5H12.C4H4O.C4H4S.4C4H10/c1-10(2,3)9-7-5-4-6-8-9;7-6-4-2-1-3-5-6;1-2-4-6-5-3-1;5*1-5(2,3)4;2*1-2-4-5-3-1;4*1-4(2)3/h4-8H,1-3H3;1-5H;1-5H;5*1-4H3;2*1-4H;4*4H,1-3H3. The second-order valence-electron chi connectivity index (χ2n) is 29.4. The third-order valence-electron chi connectivity index (χ3n) is 3.75. The minimum Gasteiger partial charge on any atom is -0.619 e. The van der Waals surface area contributed by atoms with Crippen molar-refractivity contribution in [2.45, 2.75) is 248 Å². The molecule has 0 saturated carbocycles. The Morgan fingerprint density at radius 3 is 0.703 bits per heavy atom. The molecule has 0 spiro atoms. The summed E-state index contributed by atoms with van der Waals surface area (Å²) < 4.78 is 5.33. The molecule has 0 saturated heterocycles. The maximum atomic E-state index is 10.2. The van der Waals surface area contributed by atoms with E-state index in [-0.39, 0.29) is 0 Å². The number of thiophene rings is 1. The molecular formula is C69H132N2O2S. The van der Waals surface area contributed by atoms with Crippen molar-refractivity contribution < 1.29 is 9.15 Å². The van der Waals surface area contributed by atoms with Gasteiger partial charge in [-0.25, -0.2) is 0 Å². The molecule has 5 aromatic rings. The fourth-order valence-electron chi connectivity index (χ4n) is 2.09. The monoisotopic (exact) mass is 1050 g/mol. The number of nitrogens with zero attached hydrogens (tertiary/aromatic N) is 2. The summed E-state index contributed by atoms with van der Waals surface area (Å²) in [4.78, 5) is 3.78. The molecular weight excluding hydrogens is 921 g/mol. The van der Waals surface area contributed by atoms with Crippen molar-refractivity contribution in [3.8, 4) is 0 Å². The topological polar surface area (TPSA) is 53.0 Å². The van der Waals surface area contributed by atoms with Gasteiger partial charge in [0.15, 0.2) is 12.4 Å². The van der Waals surface area contributed by atoms with Crippen LogP contribution in [0.15, 0.2) is 143 Å². The lowest BCUT2D eigenvalue weighted by molar-refractivity contribution is -0.605. The van der Waals surface area contributed by atoms with Gasteiger partial charge in [-0.3, -0.25) is 4.98 Å². The van der Waals surface area contributed by atoms with Crippen molar-refractivity contribution in [1.29, 1.82) is 0 Å². The van der Waals surface area contributed by atoms with E-state index in [1.807, 2.05) is 53.2 Å². The molecule has 0 bridgehead atoms. The van der Waals surface area contributed by atoms with Crippen molar-refractivity contribution >= 4 is 11.3 Å². The van der Waals surface area contributed by atoms with Crippen LogP contribution in [-0.2, 0) is 5.41 Å². The van der Waals surface area contributed by atoms with E-state index in [0.717, 1.165) is 28.4 Å². The Hall–Kier alpha value is -3.70. The Labute approximate surface area is 471 Å². The second-order valence-corrected chi connectivity index (χ2v) is 30.2. The number of pyridine rings is 2. The van der Waals surface area contributed by atoms with Crippen molar-refractivity contribution in [1.82, 2.24) is 4.98 Å². The lowest BCUT2D eigenvalue weighted by atomic mass is 9.87.